The second-order valence-corrected chi connectivity index (χ2v) is 10.9. The SMILES string of the molecule is CC(C(=O)[O-])c1cccc(NC(=O)NCC(=O)[N+](C)(c2ccccc2OCC(=O)N(C)c2ccccc2)C2CCCC2)c1. The number of carbonyl (C=O) groups excluding carboxylic acids is 4. The number of carboxylic acid groups (broad SMARTS) is 1. The summed E-state index contributed by atoms with van der Waals surface area (Å²) in [4.78, 5) is 52.4. The highest BCUT2D eigenvalue weighted by molar-refractivity contribution is 5.97. The van der Waals surface area contributed by atoms with Crippen LogP contribution in [-0.4, -0.2) is 57.1 Å². The number of hydrogen-bond donors (Lipinski definition) is 2. The summed E-state index contributed by atoms with van der Waals surface area (Å²) in [5.74, 6) is -2.09. The van der Waals surface area contributed by atoms with Gasteiger partial charge in [0.2, 0.25) is 0 Å². The summed E-state index contributed by atoms with van der Waals surface area (Å²) in [6, 6.07) is 22.4. The van der Waals surface area contributed by atoms with E-state index in [0.717, 1.165) is 31.4 Å². The Bertz CT molecular complexity index is 1460. The van der Waals surface area contributed by atoms with Gasteiger partial charge in [-0.05, 0) is 48.7 Å². The number of carboxylic acids is 1. The highest BCUT2D eigenvalue weighted by Gasteiger charge is 2.45. The van der Waals surface area contributed by atoms with Crippen LogP contribution in [-0.2, 0) is 14.4 Å². The maximum atomic E-state index is 13.9. The fourth-order valence-corrected chi connectivity index (χ4v) is 5.47. The van der Waals surface area contributed by atoms with E-state index in [4.69, 9.17) is 4.74 Å². The number of hydrogen-bond acceptors (Lipinski definition) is 6. The fourth-order valence-electron chi connectivity index (χ4n) is 5.47. The molecule has 0 saturated heterocycles. The van der Waals surface area contributed by atoms with E-state index in [2.05, 4.69) is 10.6 Å². The lowest BCUT2D eigenvalue weighted by Crippen LogP contribution is -2.60. The van der Waals surface area contributed by atoms with Gasteiger partial charge in [0.05, 0.1) is 7.05 Å². The average Bonchev–Trinajstić information content (AvgIpc) is 3.58. The molecule has 0 heterocycles. The normalized spacial score (nSPS) is 15.1. The molecule has 4 rings (SSSR count). The molecule has 0 spiro atoms. The lowest BCUT2D eigenvalue weighted by molar-refractivity contribution is -0.307. The standard InChI is InChI=1S/C33H38N4O6/c1-23(32(40)41)24-12-11-13-25(20-24)35-33(42)34-21-31(39)37(3,27-16-7-8-17-27)28-18-9-10-19-29(28)43-22-30(38)36(2)26-14-5-4-6-15-26/h4-6,9-15,18-20,23,27H,7-8,16-17,21-22H2,1-3H3,(H2-,34,35,40,41,42). The van der Waals surface area contributed by atoms with E-state index in [1.807, 2.05) is 49.5 Å². The van der Waals surface area contributed by atoms with E-state index in [-0.39, 0.29) is 35.5 Å². The summed E-state index contributed by atoms with van der Waals surface area (Å²) in [6.07, 6.45) is 3.65. The van der Waals surface area contributed by atoms with Crippen molar-refractivity contribution in [2.45, 2.75) is 44.6 Å². The van der Waals surface area contributed by atoms with Gasteiger partial charge in [-0.25, -0.2) is 14.1 Å². The highest BCUT2D eigenvalue weighted by Crippen LogP contribution is 2.39. The van der Waals surface area contributed by atoms with Gasteiger partial charge in [-0.15, -0.1) is 0 Å². The molecule has 1 aliphatic carbocycles. The zero-order valence-corrected chi connectivity index (χ0v) is 24.7. The molecule has 3 aromatic rings. The molecule has 10 heteroatoms. The number of ether oxygens (including phenoxy) is 1. The zero-order valence-electron chi connectivity index (χ0n) is 24.7. The zero-order chi connectivity index (χ0) is 31.0. The number of carbonyl (C=O) groups is 4. The van der Waals surface area contributed by atoms with Crippen LogP contribution in [0.5, 0.6) is 5.75 Å². The van der Waals surface area contributed by atoms with Gasteiger partial charge < -0.3 is 30.2 Å². The van der Waals surface area contributed by atoms with Crippen molar-refractivity contribution in [2.75, 3.05) is 37.5 Å². The Hall–Kier alpha value is -4.70. The van der Waals surface area contributed by atoms with Crippen molar-refractivity contribution in [2.24, 2.45) is 0 Å². The second kappa shape index (κ2) is 14.0. The minimum atomic E-state index is -1.21. The minimum Gasteiger partial charge on any atom is -0.550 e. The van der Waals surface area contributed by atoms with Crippen LogP contribution in [0, 0.1) is 0 Å². The number of quaternary nitrogens is 1. The Kier molecular flexibility index (Phi) is 10.2. The van der Waals surface area contributed by atoms with Crippen LogP contribution < -0.4 is 29.9 Å². The van der Waals surface area contributed by atoms with Crippen LogP contribution in [0.3, 0.4) is 0 Å². The third-order valence-corrected chi connectivity index (χ3v) is 8.21. The monoisotopic (exact) mass is 586 g/mol. The van der Waals surface area contributed by atoms with Crippen LogP contribution in [0.25, 0.3) is 0 Å². The predicted molar refractivity (Wildman–Crippen MR) is 164 cm³/mol. The molecule has 226 valence electrons. The number of aliphatic carboxylic acids is 1. The Labute approximate surface area is 251 Å². The first-order valence-electron chi connectivity index (χ1n) is 14.4. The van der Waals surface area contributed by atoms with Gasteiger partial charge in [0.15, 0.2) is 18.0 Å². The van der Waals surface area contributed by atoms with E-state index in [1.54, 1.807) is 43.4 Å². The number of amides is 4. The van der Waals surface area contributed by atoms with Crippen LogP contribution in [0.15, 0.2) is 78.9 Å². The van der Waals surface area contributed by atoms with Crippen LogP contribution in [0.2, 0.25) is 0 Å². The molecular formula is C33H38N4O6. The number of urea groups is 1. The number of benzene rings is 3. The van der Waals surface area contributed by atoms with Crippen molar-refractivity contribution in [1.29, 1.82) is 0 Å². The summed E-state index contributed by atoms with van der Waals surface area (Å²) in [6.45, 7) is 1.05. The van der Waals surface area contributed by atoms with Crippen LogP contribution >= 0.6 is 0 Å². The third kappa shape index (κ3) is 7.39. The van der Waals surface area contributed by atoms with E-state index in [1.165, 1.54) is 11.8 Å². The number of anilines is 2. The molecule has 2 unspecified atom stereocenters. The lowest BCUT2D eigenvalue weighted by atomic mass is 10.0. The van der Waals surface area contributed by atoms with Crippen molar-refractivity contribution in [1.82, 2.24) is 9.80 Å². The largest absolute Gasteiger partial charge is 0.550 e. The molecule has 0 bridgehead atoms. The number of likely N-dealkylation sites (N-methyl/N-ethyl adjacent to an activating group) is 2. The molecule has 0 aliphatic heterocycles. The quantitative estimate of drug-likeness (QED) is 0.329. The third-order valence-electron chi connectivity index (χ3n) is 8.21. The van der Waals surface area contributed by atoms with Crippen LogP contribution in [0.1, 0.15) is 44.1 Å². The topological polar surface area (TPSA) is 128 Å². The molecule has 2 N–H and O–H groups in total. The molecule has 0 radical (unpaired) electrons. The first-order chi connectivity index (χ1) is 20.6. The van der Waals surface area contributed by atoms with Crippen molar-refractivity contribution < 1.29 is 29.0 Å². The first-order valence-corrected chi connectivity index (χ1v) is 14.4. The van der Waals surface area contributed by atoms with Gasteiger partial charge in [-0.1, -0.05) is 49.4 Å². The molecule has 10 nitrogen and oxygen atoms in total. The van der Waals surface area contributed by atoms with Crippen LogP contribution in [0.4, 0.5) is 21.9 Å². The number of rotatable bonds is 11. The highest BCUT2D eigenvalue weighted by atomic mass is 16.5. The molecule has 1 saturated carbocycles. The van der Waals surface area contributed by atoms with Gasteiger partial charge in [0.25, 0.3) is 5.91 Å². The number of nitrogens with zero attached hydrogens (tertiary/aromatic N) is 2. The summed E-state index contributed by atoms with van der Waals surface area (Å²) < 4.78 is 5.96. The van der Waals surface area contributed by atoms with Gasteiger partial charge in [0, 0.05) is 49.2 Å². The minimum absolute atomic E-state index is 0.0207. The van der Waals surface area contributed by atoms with E-state index < -0.39 is 17.9 Å². The Morgan fingerprint density at radius 2 is 1.65 bits per heavy atom. The molecular weight excluding hydrogens is 548 g/mol. The Balaban J connectivity index is 1.48. The molecule has 4 amide bonds. The van der Waals surface area contributed by atoms with E-state index >= 15 is 0 Å². The van der Waals surface area contributed by atoms with Crippen molar-refractivity contribution in [3.63, 3.8) is 0 Å². The smallest absolute Gasteiger partial charge is 0.338 e. The maximum Gasteiger partial charge on any atom is 0.338 e. The molecule has 1 fully saturated rings. The summed E-state index contributed by atoms with van der Waals surface area (Å²) in [5.41, 5.74) is 2.26. The Morgan fingerprint density at radius 1 is 0.977 bits per heavy atom. The van der Waals surface area contributed by atoms with Gasteiger partial charge in [0.1, 0.15) is 12.6 Å². The van der Waals surface area contributed by atoms with Gasteiger partial charge in [-0.2, -0.15) is 0 Å². The molecule has 0 aromatic heterocycles. The van der Waals surface area contributed by atoms with Crippen molar-refractivity contribution >= 4 is 40.9 Å². The van der Waals surface area contributed by atoms with Gasteiger partial charge in [-0.3, -0.25) is 4.79 Å². The van der Waals surface area contributed by atoms with E-state index in [9.17, 15) is 24.3 Å². The lowest BCUT2D eigenvalue weighted by Gasteiger charge is -2.37. The maximum absolute atomic E-state index is 13.9. The predicted octanol–water partition coefficient (Wildman–Crippen LogP) is 3.81. The van der Waals surface area contributed by atoms with Gasteiger partial charge >= 0.3 is 11.9 Å². The molecule has 43 heavy (non-hydrogen) atoms. The first kappa shape index (κ1) is 31.2. The summed E-state index contributed by atoms with van der Waals surface area (Å²) in [5, 5.41) is 16.6. The molecule has 2 atom stereocenters. The molecule has 1 aliphatic rings. The average molecular weight is 587 g/mol. The van der Waals surface area contributed by atoms with Crippen molar-refractivity contribution in [3.8, 4) is 5.75 Å². The summed E-state index contributed by atoms with van der Waals surface area (Å²) in [7, 11) is 3.52. The second-order valence-electron chi connectivity index (χ2n) is 10.9. The molecule has 3 aromatic carbocycles. The number of para-hydroxylation sites is 3. The van der Waals surface area contributed by atoms with E-state index in [0.29, 0.717) is 22.7 Å². The summed E-state index contributed by atoms with van der Waals surface area (Å²) >= 11 is 0. The number of nitrogens with one attached hydrogen (secondary N) is 2. The van der Waals surface area contributed by atoms with Crippen molar-refractivity contribution in [3.05, 3.63) is 84.4 Å². The fraction of sp³-hybridized carbons (Fsp3) is 0.333. The Morgan fingerprint density at radius 3 is 2.35 bits per heavy atom.